The van der Waals surface area contributed by atoms with Crippen molar-refractivity contribution in [3.05, 3.63) is 52.7 Å². The smallest absolute Gasteiger partial charge is 0.278 e. The first-order valence-corrected chi connectivity index (χ1v) is 5.43. The first-order valence-electron chi connectivity index (χ1n) is 5.43. The summed E-state index contributed by atoms with van der Waals surface area (Å²) in [6, 6.07) is 2.88. The lowest BCUT2D eigenvalue weighted by atomic mass is 10.3. The molecule has 0 aliphatic rings. The zero-order valence-corrected chi connectivity index (χ0v) is 9.84. The topological polar surface area (TPSA) is 52.7 Å². The summed E-state index contributed by atoms with van der Waals surface area (Å²) in [5.41, 5.74) is 0.206. The molecule has 96 valence electrons. The van der Waals surface area contributed by atoms with Gasteiger partial charge in [0.1, 0.15) is 11.6 Å². The fraction of sp³-hybridized carbons (Fsp3) is 0.0833. The molecule has 0 amide bonds. The third-order valence-corrected chi connectivity index (χ3v) is 2.77. The molecule has 0 spiro atoms. The molecule has 2 aromatic heterocycles. The molecule has 0 radical (unpaired) electrons. The quantitative estimate of drug-likeness (QED) is 0.666. The van der Waals surface area contributed by atoms with Crippen LogP contribution in [0.3, 0.4) is 0 Å². The molecule has 3 rings (SSSR count). The molecule has 0 N–H and O–H groups in total. The molecule has 7 heteroatoms. The molecule has 0 saturated heterocycles. The highest BCUT2D eigenvalue weighted by Crippen LogP contribution is 2.15. The van der Waals surface area contributed by atoms with E-state index in [0.29, 0.717) is 5.65 Å². The number of imidazole rings is 1. The molecule has 1 aromatic carbocycles. The zero-order valence-electron chi connectivity index (χ0n) is 9.84. The van der Waals surface area contributed by atoms with E-state index in [1.54, 1.807) is 0 Å². The van der Waals surface area contributed by atoms with Crippen molar-refractivity contribution in [2.75, 3.05) is 0 Å². The SMILES string of the molecule is Cn1c(=O)n(-c2cc(F)cc(F)c2)c2nccnc21. The van der Waals surface area contributed by atoms with Gasteiger partial charge in [0, 0.05) is 25.5 Å². The Kier molecular flexibility index (Phi) is 2.41. The van der Waals surface area contributed by atoms with E-state index < -0.39 is 17.3 Å². The molecule has 5 nitrogen and oxygen atoms in total. The lowest BCUT2D eigenvalue weighted by molar-refractivity contribution is 0.581. The standard InChI is InChI=1S/C12H8F2N4O/c1-17-10-11(16-3-2-15-10)18(12(17)19)9-5-7(13)4-8(14)6-9/h2-6H,1H3. The average molecular weight is 262 g/mol. The minimum absolute atomic E-state index is 0.0774. The van der Waals surface area contributed by atoms with Gasteiger partial charge in [0.15, 0.2) is 11.3 Å². The van der Waals surface area contributed by atoms with Crippen molar-refractivity contribution in [1.82, 2.24) is 19.1 Å². The van der Waals surface area contributed by atoms with Crippen LogP contribution in [-0.2, 0) is 7.05 Å². The normalized spacial score (nSPS) is 11.1. The Morgan fingerprint density at radius 1 is 1.00 bits per heavy atom. The van der Waals surface area contributed by atoms with Crippen LogP contribution in [0.1, 0.15) is 0 Å². The monoisotopic (exact) mass is 262 g/mol. The van der Waals surface area contributed by atoms with Crippen LogP contribution in [0, 0.1) is 11.6 Å². The van der Waals surface area contributed by atoms with E-state index in [4.69, 9.17) is 0 Å². The first-order chi connectivity index (χ1) is 9.08. The van der Waals surface area contributed by atoms with Gasteiger partial charge in [0.05, 0.1) is 5.69 Å². The van der Waals surface area contributed by atoms with Crippen molar-refractivity contribution in [2.24, 2.45) is 7.05 Å². The van der Waals surface area contributed by atoms with E-state index in [1.165, 1.54) is 24.0 Å². The summed E-state index contributed by atoms with van der Waals surface area (Å²) in [4.78, 5) is 20.2. The molecular formula is C12H8F2N4O. The summed E-state index contributed by atoms with van der Waals surface area (Å²) in [5, 5.41) is 0. The van der Waals surface area contributed by atoms with Crippen LogP contribution < -0.4 is 5.69 Å². The average Bonchev–Trinajstić information content (AvgIpc) is 2.61. The number of hydrogen-bond donors (Lipinski definition) is 0. The molecular weight excluding hydrogens is 254 g/mol. The maximum Gasteiger partial charge on any atom is 0.335 e. The molecule has 2 heterocycles. The van der Waals surface area contributed by atoms with Gasteiger partial charge in [-0.25, -0.2) is 28.1 Å². The lowest BCUT2D eigenvalue weighted by Crippen LogP contribution is -2.21. The molecule has 0 bridgehead atoms. The Balaban J connectivity index is 2.43. The van der Waals surface area contributed by atoms with E-state index in [0.717, 1.165) is 22.8 Å². The zero-order chi connectivity index (χ0) is 13.6. The van der Waals surface area contributed by atoms with Gasteiger partial charge in [0.25, 0.3) is 0 Å². The number of nitrogens with zero attached hydrogens (tertiary/aromatic N) is 4. The van der Waals surface area contributed by atoms with Gasteiger partial charge in [-0.3, -0.25) is 4.57 Å². The second-order valence-electron chi connectivity index (χ2n) is 4.01. The second-order valence-corrected chi connectivity index (χ2v) is 4.01. The van der Waals surface area contributed by atoms with Crippen LogP contribution in [0.4, 0.5) is 8.78 Å². The summed E-state index contributed by atoms with van der Waals surface area (Å²) >= 11 is 0. The summed E-state index contributed by atoms with van der Waals surface area (Å²) in [6.07, 6.45) is 2.85. The van der Waals surface area contributed by atoms with Crippen LogP contribution in [0.2, 0.25) is 0 Å². The van der Waals surface area contributed by atoms with E-state index >= 15 is 0 Å². The highest BCUT2D eigenvalue weighted by Gasteiger charge is 2.15. The van der Waals surface area contributed by atoms with Crippen molar-refractivity contribution < 1.29 is 8.78 Å². The van der Waals surface area contributed by atoms with Crippen molar-refractivity contribution in [2.45, 2.75) is 0 Å². The van der Waals surface area contributed by atoms with Crippen LogP contribution >= 0.6 is 0 Å². The molecule has 0 aliphatic carbocycles. The van der Waals surface area contributed by atoms with E-state index in [-0.39, 0.29) is 11.3 Å². The number of aromatic nitrogens is 4. The number of rotatable bonds is 1. The minimum Gasteiger partial charge on any atom is -0.278 e. The number of aryl methyl sites for hydroxylation is 1. The Morgan fingerprint density at radius 2 is 1.58 bits per heavy atom. The van der Waals surface area contributed by atoms with Gasteiger partial charge in [-0.1, -0.05) is 0 Å². The lowest BCUT2D eigenvalue weighted by Gasteiger charge is -2.02. The van der Waals surface area contributed by atoms with Crippen LogP contribution in [0.25, 0.3) is 17.0 Å². The summed E-state index contributed by atoms with van der Waals surface area (Å²) in [7, 11) is 1.52. The molecule has 3 aromatic rings. The Labute approximate surface area is 105 Å². The largest absolute Gasteiger partial charge is 0.335 e. The molecule has 0 fully saturated rings. The van der Waals surface area contributed by atoms with Crippen molar-refractivity contribution in [3.8, 4) is 5.69 Å². The van der Waals surface area contributed by atoms with Crippen molar-refractivity contribution in [3.63, 3.8) is 0 Å². The van der Waals surface area contributed by atoms with Gasteiger partial charge in [-0.05, 0) is 12.1 Å². The van der Waals surface area contributed by atoms with Gasteiger partial charge in [-0.2, -0.15) is 0 Å². The van der Waals surface area contributed by atoms with E-state index in [9.17, 15) is 13.6 Å². The third-order valence-electron chi connectivity index (χ3n) is 2.77. The minimum atomic E-state index is -0.761. The highest BCUT2D eigenvalue weighted by molar-refractivity contribution is 5.68. The fourth-order valence-electron chi connectivity index (χ4n) is 1.95. The Morgan fingerprint density at radius 3 is 2.21 bits per heavy atom. The number of benzene rings is 1. The number of halogens is 2. The van der Waals surface area contributed by atoms with E-state index in [1.807, 2.05) is 0 Å². The Hall–Kier alpha value is -2.57. The number of hydrogen-bond acceptors (Lipinski definition) is 3. The third kappa shape index (κ3) is 1.70. The van der Waals surface area contributed by atoms with E-state index in [2.05, 4.69) is 9.97 Å². The van der Waals surface area contributed by atoms with Gasteiger partial charge >= 0.3 is 5.69 Å². The van der Waals surface area contributed by atoms with Gasteiger partial charge in [-0.15, -0.1) is 0 Å². The summed E-state index contributed by atoms with van der Waals surface area (Å²) in [6.45, 7) is 0. The van der Waals surface area contributed by atoms with Crippen molar-refractivity contribution >= 4 is 11.3 Å². The molecule has 0 saturated carbocycles. The maximum atomic E-state index is 13.3. The summed E-state index contributed by atoms with van der Waals surface area (Å²) < 4.78 is 28.9. The molecule has 0 atom stereocenters. The molecule has 19 heavy (non-hydrogen) atoms. The first kappa shape index (κ1) is 11.5. The van der Waals surface area contributed by atoms with Crippen molar-refractivity contribution in [1.29, 1.82) is 0 Å². The van der Waals surface area contributed by atoms with Crippen LogP contribution in [0.15, 0.2) is 35.4 Å². The summed E-state index contributed by atoms with van der Waals surface area (Å²) in [5.74, 6) is -1.52. The van der Waals surface area contributed by atoms with Crippen LogP contribution in [-0.4, -0.2) is 19.1 Å². The predicted molar refractivity (Wildman–Crippen MR) is 64.0 cm³/mol. The molecule has 0 unspecified atom stereocenters. The maximum absolute atomic E-state index is 13.3. The second kappa shape index (κ2) is 3.98. The van der Waals surface area contributed by atoms with Crippen LogP contribution in [0.5, 0.6) is 0 Å². The predicted octanol–water partition coefficient (Wildman–Crippen LogP) is 1.40. The highest BCUT2D eigenvalue weighted by atomic mass is 19.1. The fourth-order valence-corrected chi connectivity index (χ4v) is 1.95. The molecule has 0 aliphatic heterocycles. The van der Waals surface area contributed by atoms with Gasteiger partial charge in [0.2, 0.25) is 0 Å². The number of fused-ring (bicyclic) bond motifs is 1. The van der Waals surface area contributed by atoms with Gasteiger partial charge < -0.3 is 0 Å². The Bertz CT molecular complexity index is 817.